The molecule has 0 aliphatic rings. The van der Waals surface area contributed by atoms with Gasteiger partial charge in [0.2, 0.25) is 0 Å². The molecule has 0 aliphatic heterocycles. The molecule has 0 unspecified atom stereocenters. The van der Waals surface area contributed by atoms with E-state index >= 15 is 0 Å². The third kappa shape index (κ3) is 3.63. The molecule has 2 heteroatoms. The summed E-state index contributed by atoms with van der Waals surface area (Å²) in [6.07, 6.45) is 19.5. The van der Waals surface area contributed by atoms with Crippen LogP contribution < -0.4 is 0 Å². The van der Waals surface area contributed by atoms with E-state index in [-0.39, 0.29) is 0 Å². The zero-order chi connectivity index (χ0) is 19.9. The summed E-state index contributed by atoms with van der Waals surface area (Å²) in [5, 5.41) is 2.16. The van der Waals surface area contributed by atoms with Crippen LogP contribution in [-0.4, -0.2) is 9.97 Å². The molecule has 2 aromatic heterocycles. The largest absolute Gasteiger partial charge is 0.254 e. The van der Waals surface area contributed by atoms with Gasteiger partial charge >= 0.3 is 0 Å². The Labute approximate surface area is 166 Å². The van der Waals surface area contributed by atoms with Crippen LogP contribution in [0.1, 0.15) is 25.0 Å². The molecule has 138 valence electrons. The summed E-state index contributed by atoms with van der Waals surface area (Å²) in [4.78, 5) is 9.34. The normalized spacial score (nSPS) is 13.1. The zero-order valence-corrected chi connectivity index (χ0v) is 16.4. The van der Waals surface area contributed by atoms with Crippen LogP contribution in [0.15, 0.2) is 98.4 Å². The van der Waals surface area contributed by atoms with Crippen molar-refractivity contribution in [1.29, 1.82) is 0 Å². The second-order valence-corrected chi connectivity index (χ2v) is 6.27. The van der Waals surface area contributed by atoms with Crippen molar-refractivity contribution in [2.75, 3.05) is 0 Å². The van der Waals surface area contributed by atoms with Crippen molar-refractivity contribution in [2.45, 2.75) is 13.8 Å². The third-order valence-electron chi connectivity index (χ3n) is 4.61. The number of hydrogen-bond acceptors (Lipinski definition) is 2. The Morgan fingerprint density at radius 2 is 1.39 bits per heavy atom. The van der Waals surface area contributed by atoms with E-state index in [0.29, 0.717) is 0 Å². The molecule has 0 atom stereocenters. The highest BCUT2D eigenvalue weighted by molar-refractivity contribution is 6.10. The Hall–Kier alpha value is -3.52. The third-order valence-corrected chi connectivity index (χ3v) is 4.61. The molecular weight excluding hydrogens is 340 g/mol. The van der Waals surface area contributed by atoms with Gasteiger partial charge in [-0.05, 0) is 48.3 Å². The molecule has 3 aromatic rings. The molecule has 0 spiro atoms. The highest BCUT2D eigenvalue weighted by Crippen LogP contribution is 2.32. The predicted octanol–water partition coefficient (Wildman–Crippen LogP) is 7.07. The number of rotatable bonds is 6. The SMILES string of the molecule is C=C/C=C\C(=C/C)c1ccnc2c1ccc1c(C(/C=C\C)=C/C=C)ccnc12. The Kier molecular flexibility index (Phi) is 6.13. The number of aromatic nitrogens is 2. The van der Waals surface area contributed by atoms with E-state index in [2.05, 4.69) is 53.5 Å². The van der Waals surface area contributed by atoms with Gasteiger partial charge in [0.05, 0.1) is 11.0 Å². The number of fused-ring (bicyclic) bond motifs is 3. The van der Waals surface area contributed by atoms with Crippen LogP contribution >= 0.6 is 0 Å². The van der Waals surface area contributed by atoms with Crippen molar-refractivity contribution < 1.29 is 0 Å². The van der Waals surface area contributed by atoms with Gasteiger partial charge in [0, 0.05) is 23.2 Å². The van der Waals surface area contributed by atoms with Crippen molar-refractivity contribution in [3.05, 3.63) is 110 Å². The molecule has 0 aliphatic carbocycles. The lowest BCUT2D eigenvalue weighted by Crippen LogP contribution is -1.93. The quantitative estimate of drug-likeness (QED) is 0.345. The second-order valence-electron chi connectivity index (χ2n) is 6.27. The lowest BCUT2D eigenvalue weighted by molar-refractivity contribution is 1.36. The first-order chi connectivity index (χ1) is 13.7. The standard InChI is InChI=1S/C26H24N2/c1-5-9-12-19(8-4)21-15-17-27-25-23(21)13-14-24-22(16-18-28-26(24)25)20(10-6-2)11-7-3/h5-18H,1-2H2,3-4H3/b11-7-,12-9-,19-8+,20-10+. The van der Waals surface area contributed by atoms with Gasteiger partial charge in [-0.1, -0.05) is 73.9 Å². The van der Waals surface area contributed by atoms with Gasteiger partial charge in [0.25, 0.3) is 0 Å². The summed E-state index contributed by atoms with van der Waals surface area (Å²) >= 11 is 0. The topological polar surface area (TPSA) is 25.8 Å². The molecule has 0 bridgehead atoms. The maximum Gasteiger partial charge on any atom is 0.0970 e. The molecule has 0 fully saturated rings. The molecule has 0 amide bonds. The summed E-state index contributed by atoms with van der Waals surface area (Å²) in [7, 11) is 0. The lowest BCUT2D eigenvalue weighted by atomic mass is 9.96. The average Bonchev–Trinajstić information content (AvgIpc) is 2.73. The van der Waals surface area contributed by atoms with E-state index in [9.17, 15) is 0 Å². The minimum absolute atomic E-state index is 0.902. The van der Waals surface area contributed by atoms with Gasteiger partial charge in [-0.15, -0.1) is 0 Å². The lowest BCUT2D eigenvalue weighted by Gasteiger charge is -2.12. The minimum atomic E-state index is 0.902. The van der Waals surface area contributed by atoms with Crippen LogP contribution in [0.25, 0.3) is 33.0 Å². The van der Waals surface area contributed by atoms with Crippen LogP contribution in [0.5, 0.6) is 0 Å². The molecule has 0 radical (unpaired) electrons. The molecule has 1 aromatic carbocycles. The Morgan fingerprint density at radius 1 is 0.786 bits per heavy atom. The van der Waals surface area contributed by atoms with Crippen LogP contribution in [0.3, 0.4) is 0 Å². The van der Waals surface area contributed by atoms with E-state index in [1.54, 1.807) is 6.08 Å². The number of hydrogen-bond donors (Lipinski definition) is 0. The maximum atomic E-state index is 4.67. The van der Waals surface area contributed by atoms with Gasteiger partial charge in [0.1, 0.15) is 0 Å². The number of allylic oxidation sites excluding steroid dienone is 10. The smallest absolute Gasteiger partial charge is 0.0970 e. The number of benzene rings is 1. The van der Waals surface area contributed by atoms with Crippen LogP contribution in [-0.2, 0) is 0 Å². The van der Waals surface area contributed by atoms with Crippen LogP contribution in [0.4, 0.5) is 0 Å². The van der Waals surface area contributed by atoms with E-state index in [1.165, 1.54) is 0 Å². The van der Waals surface area contributed by atoms with Crippen LogP contribution in [0, 0.1) is 0 Å². The van der Waals surface area contributed by atoms with E-state index < -0.39 is 0 Å². The molecule has 2 heterocycles. The zero-order valence-electron chi connectivity index (χ0n) is 16.4. The fourth-order valence-corrected chi connectivity index (χ4v) is 3.39. The van der Waals surface area contributed by atoms with Crippen molar-refractivity contribution in [1.82, 2.24) is 9.97 Å². The molecule has 0 N–H and O–H groups in total. The van der Waals surface area contributed by atoms with Crippen molar-refractivity contribution in [3.8, 4) is 0 Å². The number of nitrogens with zero attached hydrogens (tertiary/aromatic N) is 2. The fourth-order valence-electron chi connectivity index (χ4n) is 3.39. The summed E-state index contributed by atoms with van der Waals surface area (Å²) in [6.45, 7) is 11.7. The van der Waals surface area contributed by atoms with Gasteiger partial charge in [-0.2, -0.15) is 0 Å². The maximum absolute atomic E-state index is 4.67. The first-order valence-corrected chi connectivity index (χ1v) is 9.33. The Morgan fingerprint density at radius 3 is 1.89 bits per heavy atom. The Bertz CT molecular complexity index is 1160. The monoisotopic (exact) mass is 364 g/mol. The predicted molar refractivity (Wildman–Crippen MR) is 123 cm³/mol. The first kappa shape index (κ1) is 19.2. The summed E-state index contributed by atoms with van der Waals surface area (Å²) in [5.41, 5.74) is 6.29. The highest BCUT2D eigenvalue weighted by atomic mass is 14.7. The van der Waals surface area contributed by atoms with E-state index in [0.717, 1.165) is 44.1 Å². The molecule has 0 saturated heterocycles. The van der Waals surface area contributed by atoms with Crippen molar-refractivity contribution in [2.24, 2.45) is 0 Å². The molecule has 2 nitrogen and oxygen atoms in total. The summed E-state index contributed by atoms with van der Waals surface area (Å²) in [5.74, 6) is 0. The van der Waals surface area contributed by atoms with Gasteiger partial charge in [0.15, 0.2) is 0 Å². The second kappa shape index (κ2) is 8.92. The highest BCUT2D eigenvalue weighted by Gasteiger charge is 2.12. The first-order valence-electron chi connectivity index (χ1n) is 9.33. The van der Waals surface area contributed by atoms with Gasteiger partial charge < -0.3 is 0 Å². The minimum Gasteiger partial charge on any atom is -0.254 e. The van der Waals surface area contributed by atoms with Gasteiger partial charge in [-0.3, -0.25) is 9.97 Å². The Balaban J connectivity index is 2.32. The average molecular weight is 364 g/mol. The molecule has 3 rings (SSSR count). The van der Waals surface area contributed by atoms with Crippen molar-refractivity contribution in [3.63, 3.8) is 0 Å². The molecule has 28 heavy (non-hydrogen) atoms. The van der Waals surface area contributed by atoms with Crippen molar-refractivity contribution >= 4 is 33.0 Å². The number of pyridine rings is 2. The summed E-state index contributed by atoms with van der Waals surface area (Å²) < 4.78 is 0. The van der Waals surface area contributed by atoms with Gasteiger partial charge in [-0.25, -0.2) is 0 Å². The summed E-state index contributed by atoms with van der Waals surface area (Å²) in [6, 6.07) is 8.36. The molecule has 0 saturated carbocycles. The van der Waals surface area contributed by atoms with E-state index in [4.69, 9.17) is 0 Å². The van der Waals surface area contributed by atoms with Crippen LogP contribution in [0.2, 0.25) is 0 Å². The van der Waals surface area contributed by atoms with E-state index in [1.807, 2.05) is 62.7 Å². The fraction of sp³-hybridized carbons (Fsp3) is 0.0769. The molecular formula is C26H24N2.